The van der Waals surface area contributed by atoms with Crippen molar-refractivity contribution in [2.45, 2.75) is 20.0 Å². The summed E-state index contributed by atoms with van der Waals surface area (Å²) in [7, 11) is 0. The highest BCUT2D eigenvalue weighted by Gasteiger charge is 2.06. The first-order valence-corrected chi connectivity index (χ1v) is 6.95. The molecule has 2 aromatic carbocycles. The van der Waals surface area contributed by atoms with E-state index in [4.69, 9.17) is 11.6 Å². The zero-order valence-electron chi connectivity index (χ0n) is 11.9. The number of rotatable bonds is 3. The van der Waals surface area contributed by atoms with Crippen LogP contribution in [-0.2, 0) is 0 Å². The monoisotopic (exact) mass is 304 g/mol. The number of amides is 2. The minimum absolute atomic E-state index is 0.342. The Morgan fingerprint density at radius 3 is 2.43 bits per heavy atom. The second-order valence-electron chi connectivity index (χ2n) is 4.84. The third-order valence-corrected chi connectivity index (χ3v) is 3.33. The summed E-state index contributed by atoms with van der Waals surface area (Å²) in [6.45, 7) is 3.58. The average Bonchev–Trinajstić information content (AvgIpc) is 2.43. The molecule has 0 aliphatic heterocycles. The highest BCUT2D eigenvalue weighted by molar-refractivity contribution is 6.31. The van der Waals surface area contributed by atoms with Crippen LogP contribution in [0.15, 0.2) is 42.5 Å². The standard InChI is InChI=1S/C16H17ClN2O2/c1-10-3-6-13(17)9-15(10)19-16(21)18-14-7-4-12(5-8-14)11(2)20/h3-9,11,20H,1-2H3,(H2,18,19,21). The molecule has 5 heteroatoms. The van der Waals surface area contributed by atoms with Crippen molar-refractivity contribution in [2.75, 3.05) is 10.6 Å². The Bertz CT molecular complexity index is 639. The minimum atomic E-state index is -0.526. The number of aliphatic hydroxyl groups excluding tert-OH is 1. The van der Waals surface area contributed by atoms with Crippen LogP contribution in [0.25, 0.3) is 0 Å². The lowest BCUT2D eigenvalue weighted by molar-refractivity contribution is 0.199. The molecular formula is C16H17ClN2O2. The van der Waals surface area contributed by atoms with Crippen molar-refractivity contribution in [1.29, 1.82) is 0 Å². The molecule has 2 rings (SSSR count). The maximum Gasteiger partial charge on any atom is 0.323 e. The number of carbonyl (C=O) groups is 1. The number of urea groups is 1. The van der Waals surface area contributed by atoms with Gasteiger partial charge in [-0.25, -0.2) is 4.79 Å². The number of anilines is 2. The van der Waals surface area contributed by atoms with Crippen molar-refractivity contribution in [3.05, 3.63) is 58.6 Å². The summed E-state index contributed by atoms with van der Waals surface area (Å²) in [5.41, 5.74) is 3.04. The first-order valence-electron chi connectivity index (χ1n) is 6.58. The molecule has 21 heavy (non-hydrogen) atoms. The number of nitrogens with one attached hydrogen (secondary N) is 2. The van der Waals surface area contributed by atoms with E-state index in [2.05, 4.69) is 10.6 Å². The molecular weight excluding hydrogens is 288 g/mol. The van der Waals surface area contributed by atoms with Crippen molar-refractivity contribution in [1.82, 2.24) is 0 Å². The van der Waals surface area contributed by atoms with E-state index in [0.29, 0.717) is 16.4 Å². The molecule has 0 saturated carbocycles. The molecule has 0 fully saturated rings. The molecule has 110 valence electrons. The zero-order valence-corrected chi connectivity index (χ0v) is 12.6. The Kier molecular flexibility index (Phi) is 4.83. The van der Waals surface area contributed by atoms with Gasteiger partial charge in [-0.2, -0.15) is 0 Å². The van der Waals surface area contributed by atoms with E-state index in [1.165, 1.54) is 0 Å². The predicted molar refractivity (Wildman–Crippen MR) is 85.9 cm³/mol. The molecule has 1 atom stereocenters. The van der Waals surface area contributed by atoms with Crippen molar-refractivity contribution in [3.63, 3.8) is 0 Å². The maximum absolute atomic E-state index is 11.9. The van der Waals surface area contributed by atoms with Crippen LogP contribution in [0.3, 0.4) is 0 Å². The van der Waals surface area contributed by atoms with E-state index in [0.717, 1.165) is 11.1 Å². The second-order valence-corrected chi connectivity index (χ2v) is 5.27. The fourth-order valence-electron chi connectivity index (χ4n) is 1.86. The Labute approximate surface area is 128 Å². The quantitative estimate of drug-likeness (QED) is 0.789. The Morgan fingerprint density at radius 1 is 1.14 bits per heavy atom. The SMILES string of the molecule is Cc1ccc(Cl)cc1NC(=O)Nc1ccc(C(C)O)cc1. The minimum Gasteiger partial charge on any atom is -0.389 e. The van der Waals surface area contributed by atoms with Crippen LogP contribution < -0.4 is 10.6 Å². The van der Waals surface area contributed by atoms with Gasteiger partial charge in [-0.1, -0.05) is 29.8 Å². The number of aliphatic hydroxyl groups is 1. The average molecular weight is 305 g/mol. The third kappa shape index (κ3) is 4.21. The van der Waals surface area contributed by atoms with Crippen molar-refractivity contribution < 1.29 is 9.90 Å². The van der Waals surface area contributed by atoms with E-state index in [1.807, 2.05) is 13.0 Å². The molecule has 0 aliphatic carbocycles. The Balaban J connectivity index is 2.03. The van der Waals surface area contributed by atoms with Gasteiger partial charge >= 0.3 is 6.03 Å². The van der Waals surface area contributed by atoms with E-state index in [9.17, 15) is 9.90 Å². The first kappa shape index (κ1) is 15.4. The van der Waals surface area contributed by atoms with Gasteiger partial charge in [-0.15, -0.1) is 0 Å². The van der Waals surface area contributed by atoms with Gasteiger partial charge in [0.05, 0.1) is 6.10 Å². The lowest BCUT2D eigenvalue weighted by atomic mass is 10.1. The van der Waals surface area contributed by atoms with Gasteiger partial charge in [-0.3, -0.25) is 0 Å². The topological polar surface area (TPSA) is 61.4 Å². The fourth-order valence-corrected chi connectivity index (χ4v) is 2.03. The van der Waals surface area contributed by atoms with Gasteiger partial charge in [0.25, 0.3) is 0 Å². The lowest BCUT2D eigenvalue weighted by Crippen LogP contribution is -2.19. The van der Waals surface area contributed by atoms with Gasteiger partial charge in [0.2, 0.25) is 0 Å². The summed E-state index contributed by atoms with van der Waals surface area (Å²) in [6, 6.07) is 12.0. The molecule has 0 aliphatic rings. The summed E-state index contributed by atoms with van der Waals surface area (Å²) in [5, 5.41) is 15.5. The molecule has 1 unspecified atom stereocenters. The summed E-state index contributed by atoms with van der Waals surface area (Å²) in [6.07, 6.45) is -0.526. The van der Waals surface area contributed by atoms with Crippen molar-refractivity contribution in [3.8, 4) is 0 Å². The lowest BCUT2D eigenvalue weighted by Gasteiger charge is -2.11. The Morgan fingerprint density at radius 2 is 1.81 bits per heavy atom. The van der Waals surface area contributed by atoms with Crippen LogP contribution in [0, 0.1) is 6.92 Å². The summed E-state index contributed by atoms with van der Waals surface area (Å²) >= 11 is 5.91. The molecule has 0 heterocycles. The summed E-state index contributed by atoms with van der Waals surface area (Å²) in [5.74, 6) is 0. The van der Waals surface area contributed by atoms with Crippen LogP contribution in [0.4, 0.5) is 16.2 Å². The smallest absolute Gasteiger partial charge is 0.323 e. The number of hydrogen-bond acceptors (Lipinski definition) is 2. The van der Waals surface area contributed by atoms with E-state index in [1.54, 1.807) is 43.3 Å². The first-order chi connectivity index (χ1) is 9.95. The van der Waals surface area contributed by atoms with Crippen LogP contribution in [0.2, 0.25) is 5.02 Å². The third-order valence-electron chi connectivity index (χ3n) is 3.10. The molecule has 0 radical (unpaired) electrons. The molecule has 0 bridgehead atoms. The van der Waals surface area contributed by atoms with Crippen LogP contribution in [-0.4, -0.2) is 11.1 Å². The van der Waals surface area contributed by atoms with E-state index < -0.39 is 6.10 Å². The predicted octanol–water partition coefficient (Wildman–Crippen LogP) is 4.35. The highest BCUT2D eigenvalue weighted by Crippen LogP contribution is 2.21. The van der Waals surface area contributed by atoms with Crippen LogP contribution in [0.5, 0.6) is 0 Å². The van der Waals surface area contributed by atoms with Gasteiger partial charge < -0.3 is 15.7 Å². The molecule has 0 saturated heterocycles. The molecule has 3 N–H and O–H groups in total. The molecule has 2 amide bonds. The highest BCUT2D eigenvalue weighted by atomic mass is 35.5. The van der Waals surface area contributed by atoms with E-state index in [-0.39, 0.29) is 6.03 Å². The second kappa shape index (κ2) is 6.61. The normalized spacial score (nSPS) is 11.8. The Hall–Kier alpha value is -2.04. The van der Waals surface area contributed by atoms with Crippen LogP contribution in [0.1, 0.15) is 24.2 Å². The summed E-state index contributed by atoms with van der Waals surface area (Å²) in [4.78, 5) is 11.9. The number of hydrogen-bond donors (Lipinski definition) is 3. The molecule has 4 nitrogen and oxygen atoms in total. The maximum atomic E-state index is 11.9. The molecule has 0 spiro atoms. The van der Waals surface area contributed by atoms with Crippen molar-refractivity contribution in [2.24, 2.45) is 0 Å². The number of carbonyl (C=O) groups excluding carboxylic acids is 1. The van der Waals surface area contributed by atoms with Gasteiger partial charge in [0.1, 0.15) is 0 Å². The largest absolute Gasteiger partial charge is 0.389 e. The van der Waals surface area contributed by atoms with Gasteiger partial charge in [0, 0.05) is 16.4 Å². The van der Waals surface area contributed by atoms with E-state index >= 15 is 0 Å². The summed E-state index contributed by atoms with van der Waals surface area (Å²) < 4.78 is 0. The molecule has 0 aromatic heterocycles. The zero-order chi connectivity index (χ0) is 15.4. The van der Waals surface area contributed by atoms with Gasteiger partial charge in [0.15, 0.2) is 0 Å². The number of halogens is 1. The molecule has 2 aromatic rings. The van der Waals surface area contributed by atoms with Crippen LogP contribution >= 0.6 is 11.6 Å². The fraction of sp³-hybridized carbons (Fsp3) is 0.188. The number of benzene rings is 2. The van der Waals surface area contributed by atoms with Gasteiger partial charge in [-0.05, 0) is 49.2 Å². The van der Waals surface area contributed by atoms with Crippen molar-refractivity contribution >= 4 is 29.0 Å². The number of aryl methyl sites for hydroxylation is 1.